The van der Waals surface area contributed by atoms with Crippen molar-refractivity contribution < 1.29 is 4.74 Å². The molecular weight excluding hydrogens is 453 g/mol. The molecule has 2 heterocycles. The fourth-order valence-corrected chi connectivity index (χ4v) is 9.02. The van der Waals surface area contributed by atoms with Crippen molar-refractivity contribution in [3.05, 3.63) is 121 Å². The Morgan fingerprint density at radius 3 is 1.58 bits per heavy atom. The third kappa shape index (κ3) is 3.11. The predicted octanol–water partition coefficient (Wildman–Crippen LogP) is 4.91. The second-order valence-corrected chi connectivity index (χ2v) is 14.5. The number of anilines is 3. The first kappa shape index (κ1) is 21.3. The van der Waals surface area contributed by atoms with Crippen molar-refractivity contribution in [3.8, 4) is 11.5 Å². The van der Waals surface area contributed by atoms with Gasteiger partial charge in [-0.1, -0.05) is 103 Å². The molecule has 172 valence electrons. The van der Waals surface area contributed by atoms with Gasteiger partial charge in [0.05, 0.1) is 0 Å². The van der Waals surface area contributed by atoms with Crippen LogP contribution < -0.4 is 36.4 Å². The maximum atomic E-state index is 6.24. The smallest absolute Gasteiger partial charge is 0.250 e. The first-order valence-electron chi connectivity index (χ1n) is 12.6. The summed E-state index contributed by atoms with van der Waals surface area (Å²) in [6.45, 7) is 5.07. The van der Waals surface area contributed by atoms with E-state index in [1.807, 2.05) is 12.1 Å². The molecule has 0 radical (unpaired) electrons. The van der Waals surface area contributed by atoms with Crippen LogP contribution in [-0.2, 0) is 0 Å². The van der Waals surface area contributed by atoms with Gasteiger partial charge in [-0.25, -0.2) is 0 Å². The molecule has 0 bridgehead atoms. The van der Waals surface area contributed by atoms with E-state index < -0.39 is 8.07 Å². The van der Waals surface area contributed by atoms with Gasteiger partial charge in [-0.2, -0.15) is 0 Å². The average Bonchev–Trinajstić information content (AvgIpc) is 2.92. The Kier molecular flexibility index (Phi) is 4.73. The molecule has 4 heteroatoms. The molecule has 0 fully saturated rings. The summed E-state index contributed by atoms with van der Waals surface area (Å²) in [7, 11) is -1.78. The zero-order valence-corrected chi connectivity index (χ0v) is 21.5. The molecular formula is C32H26BNOSi. The summed E-state index contributed by atoms with van der Waals surface area (Å²) < 4.78 is 6.24. The number of hydrogen-bond donors (Lipinski definition) is 0. The molecule has 36 heavy (non-hydrogen) atoms. The van der Waals surface area contributed by atoms with Crippen LogP contribution in [0.5, 0.6) is 11.5 Å². The summed E-state index contributed by atoms with van der Waals surface area (Å²) in [5.41, 5.74) is 7.51. The average molecular weight is 479 g/mol. The summed E-state index contributed by atoms with van der Waals surface area (Å²) >= 11 is 0. The van der Waals surface area contributed by atoms with Crippen LogP contribution in [0, 0.1) is 0 Å². The van der Waals surface area contributed by atoms with Gasteiger partial charge in [0.15, 0.2) is 0 Å². The lowest BCUT2D eigenvalue weighted by atomic mass is 9.36. The van der Waals surface area contributed by atoms with Crippen LogP contribution in [-0.4, -0.2) is 14.8 Å². The molecule has 0 aliphatic carbocycles. The van der Waals surface area contributed by atoms with E-state index in [0.29, 0.717) is 0 Å². The minimum atomic E-state index is -1.78. The lowest BCUT2D eigenvalue weighted by Gasteiger charge is -2.41. The monoisotopic (exact) mass is 479 g/mol. The molecule has 0 N–H and O–H groups in total. The highest BCUT2D eigenvalue weighted by Crippen LogP contribution is 2.37. The molecule has 2 aliphatic heterocycles. The second-order valence-electron chi connectivity index (χ2n) is 10.2. The molecule has 0 aromatic heterocycles. The molecule has 0 spiro atoms. The predicted molar refractivity (Wildman–Crippen MR) is 155 cm³/mol. The van der Waals surface area contributed by atoms with Gasteiger partial charge in [-0.3, -0.25) is 0 Å². The summed E-state index contributed by atoms with van der Waals surface area (Å²) in [5.74, 6) is 1.88. The molecule has 7 rings (SSSR count). The fraction of sp³-hybridized carbons (Fsp3) is 0.0625. The number of benzene rings is 5. The van der Waals surface area contributed by atoms with E-state index in [1.165, 1.54) is 43.8 Å². The van der Waals surface area contributed by atoms with E-state index in [2.05, 4.69) is 127 Å². The number of hydrogen-bond acceptors (Lipinski definition) is 2. The quantitative estimate of drug-likeness (QED) is 0.327. The third-order valence-electron chi connectivity index (χ3n) is 7.80. The molecule has 2 aliphatic rings. The Morgan fingerprint density at radius 1 is 0.556 bits per heavy atom. The van der Waals surface area contributed by atoms with Crippen molar-refractivity contribution in [2.75, 3.05) is 4.90 Å². The Bertz CT molecular complexity index is 1520. The van der Waals surface area contributed by atoms with E-state index in [0.717, 1.165) is 11.5 Å². The number of para-hydroxylation sites is 4. The van der Waals surface area contributed by atoms with Gasteiger partial charge < -0.3 is 9.64 Å². The standard InChI is InChI=1S/C32H26BNOSi/c1-36(2)31-17-9-5-13-27(31)34(28-14-6-10-18-32(28)36)24-21-19-23(20-22-24)33-25-11-3-7-15-29(25)35-30-16-8-4-12-26(30)33/h3-22H,1-2H3. The van der Waals surface area contributed by atoms with Gasteiger partial charge in [-0.15, -0.1) is 0 Å². The lowest BCUT2D eigenvalue weighted by molar-refractivity contribution is 0.487. The molecule has 2 nitrogen and oxygen atoms in total. The number of rotatable bonds is 2. The van der Waals surface area contributed by atoms with E-state index in [1.54, 1.807) is 0 Å². The highest BCUT2D eigenvalue weighted by molar-refractivity contribution is 7.02. The third-order valence-corrected chi connectivity index (χ3v) is 11.3. The molecule has 0 unspecified atom stereocenters. The van der Waals surface area contributed by atoms with Crippen molar-refractivity contribution in [1.82, 2.24) is 0 Å². The van der Waals surface area contributed by atoms with Crippen molar-refractivity contribution in [2.24, 2.45) is 0 Å². The molecule has 0 amide bonds. The zero-order valence-electron chi connectivity index (χ0n) is 20.5. The molecule has 0 saturated heterocycles. The minimum absolute atomic E-state index is 0.146. The van der Waals surface area contributed by atoms with Crippen molar-refractivity contribution >= 4 is 58.6 Å². The van der Waals surface area contributed by atoms with Gasteiger partial charge in [0.25, 0.3) is 6.71 Å². The van der Waals surface area contributed by atoms with Crippen LogP contribution in [0.15, 0.2) is 121 Å². The van der Waals surface area contributed by atoms with Crippen molar-refractivity contribution in [3.63, 3.8) is 0 Å². The van der Waals surface area contributed by atoms with Crippen molar-refractivity contribution in [2.45, 2.75) is 13.1 Å². The van der Waals surface area contributed by atoms with Crippen molar-refractivity contribution in [1.29, 1.82) is 0 Å². The van der Waals surface area contributed by atoms with Crippen LogP contribution in [0.25, 0.3) is 0 Å². The van der Waals surface area contributed by atoms with Crippen LogP contribution in [0.1, 0.15) is 0 Å². The van der Waals surface area contributed by atoms with E-state index in [4.69, 9.17) is 4.74 Å². The van der Waals surface area contributed by atoms with Gasteiger partial charge >= 0.3 is 0 Å². The topological polar surface area (TPSA) is 12.5 Å². The molecule has 0 atom stereocenters. The summed E-state index contributed by atoms with van der Waals surface area (Å²) in [5, 5.41) is 2.97. The van der Waals surface area contributed by atoms with Crippen LogP contribution in [0.2, 0.25) is 13.1 Å². The molecule has 5 aromatic rings. The molecule has 0 saturated carbocycles. The summed E-state index contributed by atoms with van der Waals surface area (Å²) in [6, 6.07) is 43.9. The van der Waals surface area contributed by atoms with Gasteiger partial charge in [0.2, 0.25) is 0 Å². The lowest BCUT2D eigenvalue weighted by Crippen LogP contribution is -2.58. The van der Waals surface area contributed by atoms with Gasteiger partial charge in [-0.05, 0) is 57.7 Å². The normalized spacial score (nSPS) is 14.7. The van der Waals surface area contributed by atoms with Crippen LogP contribution in [0.4, 0.5) is 17.1 Å². The first-order chi connectivity index (χ1) is 17.6. The van der Waals surface area contributed by atoms with Crippen LogP contribution in [0.3, 0.4) is 0 Å². The summed E-state index contributed by atoms with van der Waals surface area (Å²) in [4.78, 5) is 2.44. The fourth-order valence-electron chi connectivity index (χ4n) is 6.03. The summed E-state index contributed by atoms with van der Waals surface area (Å²) in [6.07, 6.45) is 0. The minimum Gasteiger partial charge on any atom is -0.458 e. The largest absolute Gasteiger partial charge is 0.458 e. The Morgan fingerprint density at radius 2 is 1.03 bits per heavy atom. The first-order valence-corrected chi connectivity index (χ1v) is 15.6. The van der Waals surface area contributed by atoms with E-state index in [9.17, 15) is 0 Å². The zero-order chi connectivity index (χ0) is 24.3. The highest BCUT2D eigenvalue weighted by Gasteiger charge is 2.38. The van der Waals surface area contributed by atoms with Crippen LogP contribution >= 0.6 is 0 Å². The maximum absolute atomic E-state index is 6.24. The maximum Gasteiger partial charge on any atom is 0.250 e. The van der Waals surface area contributed by atoms with Gasteiger partial charge in [0, 0.05) is 17.1 Å². The number of nitrogens with zero attached hydrogens (tertiary/aromatic N) is 1. The second kappa shape index (κ2) is 8.01. The van der Waals surface area contributed by atoms with E-state index in [-0.39, 0.29) is 6.71 Å². The Hall–Kier alpha value is -4.02. The highest BCUT2D eigenvalue weighted by atomic mass is 28.3. The molecule has 5 aromatic carbocycles. The SMILES string of the molecule is C[Si]1(C)c2ccccc2N(c2ccc(B3c4ccccc4Oc4ccccc43)cc2)c2ccccc21. The Balaban J connectivity index is 1.36. The Labute approximate surface area is 213 Å². The number of fused-ring (bicyclic) bond motifs is 4. The van der Waals surface area contributed by atoms with Gasteiger partial charge in [0.1, 0.15) is 19.6 Å². The number of ether oxygens (including phenoxy) is 1. The van der Waals surface area contributed by atoms with E-state index >= 15 is 0 Å².